The van der Waals surface area contributed by atoms with Crippen molar-refractivity contribution in [2.45, 2.75) is 78.7 Å². The molecule has 2 heterocycles. The van der Waals surface area contributed by atoms with E-state index in [0.717, 1.165) is 37.8 Å². The molecule has 0 unspecified atom stereocenters. The van der Waals surface area contributed by atoms with Crippen LogP contribution in [0.5, 0.6) is 5.88 Å². The molecule has 5 fully saturated rings. The van der Waals surface area contributed by atoms with Crippen LogP contribution in [0, 0.1) is 40.9 Å². The van der Waals surface area contributed by atoms with Crippen LogP contribution in [0.3, 0.4) is 0 Å². The lowest BCUT2D eigenvalue weighted by Crippen LogP contribution is -2.55. The van der Waals surface area contributed by atoms with Crippen molar-refractivity contribution in [3.05, 3.63) is 17.8 Å². The minimum Gasteiger partial charge on any atom is -0.477 e. The number of piperidine rings is 1. The molecule has 1 aromatic heterocycles. The molecule has 8 nitrogen and oxygen atoms in total. The fraction of sp³-hybridized carbons (Fsp3) is 0.767. The van der Waals surface area contributed by atoms with Crippen molar-refractivity contribution in [1.82, 2.24) is 20.0 Å². The van der Waals surface area contributed by atoms with E-state index in [1.807, 2.05) is 24.8 Å². The van der Waals surface area contributed by atoms with Crippen molar-refractivity contribution in [2.75, 3.05) is 26.2 Å². The average Bonchev–Trinajstić information content (AvgIpc) is 3.30. The van der Waals surface area contributed by atoms with E-state index in [9.17, 15) is 9.59 Å². The number of carbonyl (C=O) groups is 2. The fourth-order valence-electron chi connectivity index (χ4n) is 7.50. The molecule has 4 aliphatic carbocycles. The van der Waals surface area contributed by atoms with Gasteiger partial charge in [0, 0.05) is 25.3 Å². The van der Waals surface area contributed by atoms with Crippen molar-refractivity contribution >= 4 is 18.0 Å². The zero-order valence-corrected chi connectivity index (χ0v) is 23.7. The summed E-state index contributed by atoms with van der Waals surface area (Å²) >= 11 is 0. The third-order valence-electron chi connectivity index (χ3n) is 9.49. The highest BCUT2D eigenvalue weighted by molar-refractivity contribution is 5.96. The van der Waals surface area contributed by atoms with E-state index in [1.54, 1.807) is 17.1 Å². The Kier molecular flexibility index (Phi) is 7.90. The molecule has 1 aromatic rings. The molecule has 8 heteroatoms. The number of carbonyl (C=O) groups excluding carboxylic acids is 2. The van der Waals surface area contributed by atoms with E-state index >= 15 is 0 Å². The number of ether oxygens (including phenoxy) is 1. The van der Waals surface area contributed by atoms with Gasteiger partial charge in [0.2, 0.25) is 11.8 Å². The number of hydrogen-bond acceptors (Lipinski definition) is 5. The Balaban J connectivity index is 1.30. The highest BCUT2D eigenvalue weighted by Gasteiger charge is 2.48. The Morgan fingerprint density at radius 3 is 2.34 bits per heavy atom. The van der Waals surface area contributed by atoms with Crippen molar-refractivity contribution < 1.29 is 14.3 Å². The molecule has 4 bridgehead atoms. The van der Waals surface area contributed by atoms with Crippen LogP contribution in [0.4, 0.5) is 0 Å². The van der Waals surface area contributed by atoms with Crippen LogP contribution in [0.1, 0.15) is 83.0 Å². The zero-order chi connectivity index (χ0) is 27.0. The number of hydrogen-bond donors (Lipinski definition) is 2. The van der Waals surface area contributed by atoms with Gasteiger partial charge < -0.3 is 20.7 Å². The molecule has 4 saturated carbocycles. The van der Waals surface area contributed by atoms with E-state index in [2.05, 4.69) is 24.3 Å². The van der Waals surface area contributed by atoms with Crippen LogP contribution in [0.25, 0.3) is 6.20 Å². The van der Waals surface area contributed by atoms with Crippen LogP contribution in [0.15, 0.2) is 12.3 Å². The Morgan fingerprint density at radius 2 is 1.76 bits per heavy atom. The summed E-state index contributed by atoms with van der Waals surface area (Å²) in [5.41, 5.74) is 5.58. The van der Waals surface area contributed by atoms with Gasteiger partial charge in [-0.15, -0.1) is 0 Å². The number of nitrogens with one attached hydrogen (secondary N) is 1. The molecule has 0 radical (unpaired) electrons. The minimum atomic E-state index is -0.709. The number of rotatable bonds is 9. The molecule has 0 atom stereocenters. The Hall–Kier alpha value is -2.35. The summed E-state index contributed by atoms with van der Waals surface area (Å²) in [5.74, 6) is 4.19. The summed E-state index contributed by atoms with van der Waals surface area (Å²) in [6, 6.07) is 0.257. The topological polar surface area (TPSA) is 102 Å². The molecule has 1 aliphatic heterocycles. The monoisotopic (exact) mass is 525 g/mol. The van der Waals surface area contributed by atoms with Crippen LogP contribution < -0.4 is 15.8 Å². The maximum absolute atomic E-state index is 13.5. The van der Waals surface area contributed by atoms with Gasteiger partial charge in [-0.3, -0.25) is 9.59 Å². The van der Waals surface area contributed by atoms with Gasteiger partial charge in [0.25, 0.3) is 5.91 Å². The molecule has 38 heavy (non-hydrogen) atoms. The summed E-state index contributed by atoms with van der Waals surface area (Å²) in [6.45, 7) is 10.7. The van der Waals surface area contributed by atoms with Gasteiger partial charge in [0.1, 0.15) is 5.56 Å². The minimum absolute atomic E-state index is 0.0980. The molecule has 0 spiro atoms. The van der Waals surface area contributed by atoms with E-state index < -0.39 is 5.41 Å². The first-order chi connectivity index (χ1) is 18.1. The van der Waals surface area contributed by atoms with Gasteiger partial charge in [-0.1, -0.05) is 19.9 Å². The summed E-state index contributed by atoms with van der Waals surface area (Å²) in [7, 11) is 0. The quantitative estimate of drug-likeness (QED) is 0.504. The summed E-state index contributed by atoms with van der Waals surface area (Å²) in [4.78, 5) is 28.8. The van der Waals surface area contributed by atoms with Gasteiger partial charge in [0.15, 0.2) is 0 Å². The van der Waals surface area contributed by atoms with Gasteiger partial charge in [-0.25, -0.2) is 4.68 Å². The average molecular weight is 526 g/mol. The van der Waals surface area contributed by atoms with Gasteiger partial charge in [-0.2, -0.15) is 5.10 Å². The van der Waals surface area contributed by atoms with Crippen LogP contribution in [-0.4, -0.2) is 58.8 Å². The third-order valence-corrected chi connectivity index (χ3v) is 9.49. The Bertz CT molecular complexity index is 1010. The number of nitrogens with two attached hydrogens (primary N) is 1. The van der Waals surface area contributed by atoms with E-state index in [1.165, 1.54) is 32.1 Å². The summed E-state index contributed by atoms with van der Waals surface area (Å²) in [5, 5.41) is 7.90. The largest absolute Gasteiger partial charge is 0.477 e. The lowest BCUT2D eigenvalue weighted by molar-refractivity contribution is -0.139. The molecule has 6 rings (SSSR count). The second kappa shape index (κ2) is 11.0. The second-order valence-corrected chi connectivity index (χ2v) is 13.5. The molecule has 0 aromatic carbocycles. The van der Waals surface area contributed by atoms with E-state index in [-0.39, 0.29) is 17.9 Å². The van der Waals surface area contributed by atoms with E-state index in [0.29, 0.717) is 48.3 Å². The molecule has 5 aliphatic rings. The van der Waals surface area contributed by atoms with Crippen molar-refractivity contribution in [3.63, 3.8) is 0 Å². The van der Waals surface area contributed by atoms with Crippen molar-refractivity contribution in [3.8, 4) is 5.88 Å². The normalized spacial score (nSPS) is 29.4. The molecule has 2 amide bonds. The number of amides is 2. The Morgan fingerprint density at radius 1 is 1.13 bits per heavy atom. The molecular formula is C30H47N5O3. The first-order valence-corrected chi connectivity index (χ1v) is 14.8. The highest BCUT2D eigenvalue weighted by atomic mass is 16.5. The number of likely N-dealkylation sites (tertiary alicyclic amines) is 1. The maximum Gasteiger partial charge on any atom is 0.258 e. The predicted molar refractivity (Wildman–Crippen MR) is 148 cm³/mol. The molecule has 1 saturated heterocycles. The third kappa shape index (κ3) is 5.65. The second-order valence-electron chi connectivity index (χ2n) is 13.5. The predicted octanol–water partition coefficient (Wildman–Crippen LogP) is 4.17. The molecular weight excluding hydrogens is 478 g/mol. The molecule has 210 valence electrons. The van der Waals surface area contributed by atoms with Crippen LogP contribution >= 0.6 is 0 Å². The standard InChI is InChI=1S/C30H47N5O3/c1-19(2)18-38-28-25(27(36)33-26-23-12-21-11-22(14-23)15-24(26)13-21)17-32-35(28)10-7-30(3,4)29(37)34-8-5-20(16-31)6-9-34/h7,10,17,19-24,26H,5-6,8-9,11-16,18,31H2,1-4H3,(H,33,36). The lowest BCUT2D eigenvalue weighted by atomic mass is 9.54. The number of aromatic nitrogens is 2. The van der Waals surface area contributed by atoms with Gasteiger partial charge in [0.05, 0.1) is 18.2 Å². The lowest BCUT2D eigenvalue weighted by Gasteiger charge is -2.54. The first kappa shape index (κ1) is 27.2. The van der Waals surface area contributed by atoms with Crippen LogP contribution in [0.2, 0.25) is 0 Å². The zero-order valence-electron chi connectivity index (χ0n) is 23.7. The SMILES string of the molecule is CC(C)COc1c(C(=O)NC2C3CC4CC(C3)CC2C4)cnn1C=CC(C)(C)C(=O)N1CCC(CN)CC1. The smallest absolute Gasteiger partial charge is 0.258 e. The van der Waals surface area contributed by atoms with Crippen LogP contribution in [-0.2, 0) is 4.79 Å². The van der Waals surface area contributed by atoms with Crippen molar-refractivity contribution in [1.29, 1.82) is 0 Å². The van der Waals surface area contributed by atoms with Gasteiger partial charge in [-0.05, 0) is 101 Å². The first-order valence-electron chi connectivity index (χ1n) is 14.8. The van der Waals surface area contributed by atoms with E-state index in [4.69, 9.17) is 10.5 Å². The number of nitrogens with zero attached hydrogens (tertiary/aromatic N) is 3. The maximum atomic E-state index is 13.5. The summed E-state index contributed by atoms with van der Waals surface area (Å²) < 4.78 is 7.76. The molecule has 3 N–H and O–H groups in total. The van der Waals surface area contributed by atoms with Crippen molar-refractivity contribution in [2.24, 2.45) is 46.7 Å². The summed E-state index contributed by atoms with van der Waals surface area (Å²) in [6.07, 6.45) is 13.6. The van der Waals surface area contributed by atoms with Gasteiger partial charge >= 0.3 is 0 Å². The Labute approximate surface area is 227 Å². The fourth-order valence-corrected chi connectivity index (χ4v) is 7.50. The highest BCUT2D eigenvalue weighted by Crippen LogP contribution is 2.53.